The van der Waals surface area contributed by atoms with Crippen LogP contribution in [0.25, 0.3) is 0 Å². The first-order valence-corrected chi connectivity index (χ1v) is 6.61. The Morgan fingerprint density at radius 2 is 2.06 bits per heavy atom. The maximum absolute atomic E-state index is 4.13. The first kappa shape index (κ1) is 14.7. The predicted octanol–water partition coefficient (Wildman–Crippen LogP) is 3.06. The van der Waals surface area contributed by atoms with Crippen molar-refractivity contribution in [3.05, 3.63) is 60.1 Å². The van der Waals surface area contributed by atoms with Crippen molar-refractivity contribution >= 4 is 12.6 Å². The number of nitrogens with one attached hydrogen (secondary N) is 2. The minimum Gasteiger partial charge on any atom is -0.304 e. The van der Waals surface area contributed by atoms with Crippen LogP contribution in [0.5, 0.6) is 0 Å². The van der Waals surface area contributed by atoms with E-state index in [1.807, 2.05) is 24.1 Å². The number of allylic oxidation sites excluding steroid dienone is 4. The summed E-state index contributed by atoms with van der Waals surface area (Å²) in [6.07, 6.45) is 9.02. The third-order valence-corrected chi connectivity index (χ3v) is 2.82. The zero-order chi connectivity index (χ0) is 13.5. The molecular weight excluding hydrogens is 242 g/mol. The summed E-state index contributed by atoms with van der Waals surface area (Å²) < 4.78 is 0. The summed E-state index contributed by atoms with van der Waals surface area (Å²) in [5, 5.41) is 1.98. The fourth-order valence-electron chi connectivity index (χ4n) is 1.42. The molecule has 18 heavy (non-hydrogen) atoms. The Kier molecular flexibility index (Phi) is 5.82. The lowest BCUT2D eigenvalue weighted by Gasteiger charge is -2.08. The second kappa shape index (κ2) is 7.13. The van der Waals surface area contributed by atoms with E-state index in [2.05, 4.69) is 55.8 Å². The molecule has 0 bridgehead atoms. The van der Waals surface area contributed by atoms with Crippen molar-refractivity contribution < 1.29 is 0 Å². The van der Waals surface area contributed by atoms with E-state index in [4.69, 9.17) is 0 Å². The summed E-state index contributed by atoms with van der Waals surface area (Å²) in [4.78, 5) is 0. The third kappa shape index (κ3) is 4.13. The van der Waals surface area contributed by atoms with Crippen molar-refractivity contribution in [2.45, 2.75) is 20.3 Å². The molecule has 98 valence electrons. The molecule has 0 unspecified atom stereocenters. The fourth-order valence-corrected chi connectivity index (χ4v) is 1.52. The van der Waals surface area contributed by atoms with Crippen LogP contribution >= 0.6 is 12.6 Å². The monoisotopic (exact) mass is 263 g/mol. The topological polar surface area (TPSA) is 27.1 Å². The molecule has 0 radical (unpaired) electrons. The molecule has 0 saturated carbocycles. The average molecular weight is 263 g/mol. The molecule has 0 atom stereocenters. The van der Waals surface area contributed by atoms with E-state index in [1.165, 1.54) is 11.4 Å². The van der Waals surface area contributed by atoms with E-state index < -0.39 is 0 Å². The van der Waals surface area contributed by atoms with Crippen LogP contribution in [-0.2, 0) is 0 Å². The van der Waals surface area contributed by atoms with Crippen LogP contribution in [-0.4, -0.2) is 10.8 Å². The zero-order valence-electron chi connectivity index (χ0n) is 11.0. The van der Waals surface area contributed by atoms with Crippen LogP contribution in [0.15, 0.2) is 60.1 Å². The van der Waals surface area contributed by atoms with Crippen molar-refractivity contribution in [1.29, 1.82) is 0 Å². The second-order valence-electron chi connectivity index (χ2n) is 3.92. The van der Waals surface area contributed by atoms with Crippen LogP contribution in [0, 0.1) is 0 Å². The summed E-state index contributed by atoms with van der Waals surface area (Å²) >= 11 is 4.13. The minimum atomic E-state index is 0.648. The Balaban J connectivity index is 2.39. The highest BCUT2D eigenvalue weighted by Crippen LogP contribution is 2.34. The molecule has 4 heteroatoms. The van der Waals surface area contributed by atoms with Crippen LogP contribution in [0.2, 0.25) is 0 Å². The van der Waals surface area contributed by atoms with Gasteiger partial charge in [-0.15, -0.1) is 5.53 Å². The molecule has 2 N–H and O–H groups in total. The van der Waals surface area contributed by atoms with Gasteiger partial charge >= 0.3 is 0 Å². The van der Waals surface area contributed by atoms with E-state index >= 15 is 0 Å². The molecule has 1 fully saturated rings. The Hall–Kier alpha value is -1.39. The second-order valence-corrected chi connectivity index (χ2v) is 4.23. The summed E-state index contributed by atoms with van der Waals surface area (Å²) in [7, 11) is 0. The highest BCUT2D eigenvalue weighted by Gasteiger charge is 2.32. The van der Waals surface area contributed by atoms with Gasteiger partial charge in [0.25, 0.3) is 0 Å². The average Bonchev–Trinajstić information content (AvgIpc) is 3.05. The third-order valence-electron chi connectivity index (χ3n) is 2.42. The molecule has 1 heterocycles. The SMILES string of the molecule is C=C(/C=C\C(=C)NNN1C(=C/C)/C1=C\CC)CS. The standard InChI is InChI=1S/C14H21N3S/c1-5-7-14-13(6-2)17(14)16-15-12(4)9-8-11(3)10-18/h6-9,15-16,18H,3-5,10H2,1-2H3/b9-8-,13-6+,14-7+. The summed E-state index contributed by atoms with van der Waals surface area (Å²) in [5.74, 6) is 0.648. The maximum Gasteiger partial charge on any atom is 0.0805 e. The number of thiol groups is 1. The molecule has 1 aliphatic rings. The maximum atomic E-state index is 4.13. The van der Waals surface area contributed by atoms with Gasteiger partial charge in [0, 0.05) is 11.4 Å². The summed E-state index contributed by atoms with van der Waals surface area (Å²) in [6, 6.07) is 0. The van der Waals surface area contributed by atoms with Crippen LogP contribution in [0.4, 0.5) is 0 Å². The van der Waals surface area contributed by atoms with Crippen LogP contribution < -0.4 is 11.0 Å². The smallest absolute Gasteiger partial charge is 0.0805 e. The van der Waals surface area contributed by atoms with Gasteiger partial charge in [0.15, 0.2) is 0 Å². The number of hydrazine groups is 2. The van der Waals surface area contributed by atoms with E-state index in [0.29, 0.717) is 5.75 Å². The van der Waals surface area contributed by atoms with Crippen molar-refractivity contribution in [1.82, 2.24) is 16.0 Å². The van der Waals surface area contributed by atoms with Crippen molar-refractivity contribution in [2.75, 3.05) is 5.75 Å². The number of hydrogen-bond donors (Lipinski definition) is 3. The Labute approximate surface area is 115 Å². The van der Waals surface area contributed by atoms with Gasteiger partial charge in [-0.05, 0) is 25.0 Å². The molecule has 0 aromatic heterocycles. The van der Waals surface area contributed by atoms with E-state index in [-0.39, 0.29) is 0 Å². The fraction of sp³-hybridized carbons (Fsp3) is 0.286. The quantitative estimate of drug-likeness (QED) is 0.285. The van der Waals surface area contributed by atoms with Gasteiger partial charge in [-0.25, -0.2) is 0 Å². The molecule has 1 rings (SSSR count). The molecule has 1 aliphatic heterocycles. The number of hydrogen-bond acceptors (Lipinski definition) is 4. The van der Waals surface area contributed by atoms with Gasteiger partial charge in [-0.3, -0.25) is 5.01 Å². The summed E-state index contributed by atoms with van der Waals surface area (Å²) in [5.41, 5.74) is 10.2. The molecular formula is C14H21N3S. The first-order chi connectivity index (χ1) is 8.63. The van der Waals surface area contributed by atoms with Gasteiger partial charge < -0.3 is 5.43 Å². The highest BCUT2D eigenvalue weighted by molar-refractivity contribution is 7.80. The van der Waals surface area contributed by atoms with E-state index in [0.717, 1.165) is 17.7 Å². The van der Waals surface area contributed by atoms with Gasteiger partial charge in [0.05, 0.1) is 11.4 Å². The Bertz CT molecular complexity index is 419. The molecule has 0 aromatic carbocycles. The number of nitrogens with zero attached hydrogens (tertiary/aromatic N) is 1. The largest absolute Gasteiger partial charge is 0.304 e. The Morgan fingerprint density at radius 3 is 2.61 bits per heavy atom. The predicted molar refractivity (Wildman–Crippen MR) is 81.5 cm³/mol. The van der Waals surface area contributed by atoms with Gasteiger partial charge in [0.1, 0.15) is 0 Å². The minimum absolute atomic E-state index is 0.648. The van der Waals surface area contributed by atoms with Gasteiger partial charge in [-0.1, -0.05) is 38.3 Å². The van der Waals surface area contributed by atoms with Crippen LogP contribution in [0.1, 0.15) is 20.3 Å². The first-order valence-electron chi connectivity index (χ1n) is 5.98. The Morgan fingerprint density at radius 1 is 1.33 bits per heavy atom. The molecule has 0 spiro atoms. The van der Waals surface area contributed by atoms with Gasteiger partial charge in [0.2, 0.25) is 0 Å². The van der Waals surface area contributed by atoms with Crippen molar-refractivity contribution in [2.24, 2.45) is 0 Å². The lowest BCUT2D eigenvalue weighted by atomic mass is 10.3. The van der Waals surface area contributed by atoms with E-state index in [1.54, 1.807) is 0 Å². The summed E-state index contributed by atoms with van der Waals surface area (Å²) in [6.45, 7) is 11.9. The van der Waals surface area contributed by atoms with E-state index in [9.17, 15) is 0 Å². The van der Waals surface area contributed by atoms with Crippen molar-refractivity contribution in [3.8, 4) is 0 Å². The van der Waals surface area contributed by atoms with Gasteiger partial charge in [-0.2, -0.15) is 12.6 Å². The molecule has 0 amide bonds. The number of rotatable bonds is 7. The highest BCUT2D eigenvalue weighted by atomic mass is 32.1. The zero-order valence-corrected chi connectivity index (χ0v) is 11.9. The molecule has 0 aromatic rings. The normalized spacial score (nSPS) is 18.7. The molecule has 3 nitrogen and oxygen atoms in total. The lowest BCUT2D eigenvalue weighted by molar-refractivity contribution is 0.393. The lowest BCUT2D eigenvalue weighted by Crippen LogP contribution is -2.34. The van der Waals surface area contributed by atoms with Crippen LogP contribution in [0.3, 0.4) is 0 Å². The van der Waals surface area contributed by atoms with Crippen molar-refractivity contribution in [3.63, 3.8) is 0 Å². The molecule has 0 aliphatic carbocycles. The molecule has 1 saturated heterocycles.